The van der Waals surface area contributed by atoms with Gasteiger partial charge in [0.25, 0.3) is 0 Å². The van der Waals surface area contributed by atoms with Gasteiger partial charge in [-0.15, -0.1) is 0 Å². The van der Waals surface area contributed by atoms with Gasteiger partial charge in [0.2, 0.25) is 0 Å². The highest BCUT2D eigenvalue weighted by Crippen LogP contribution is 2.24. The lowest BCUT2D eigenvalue weighted by Gasteiger charge is -2.14. The lowest BCUT2D eigenvalue weighted by Crippen LogP contribution is -2.02. The third-order valence-corrected chi connectivity index (χ3v) is 3.78. The summed E-state index contributed by atoms with van der Waals surface area (Å²) in [6.07, 6.45) is 6.92. The Morgan fingerprint density at radius 2 is 1.89 bits per heavy atom. The van der Waals surface area contributed by atoms with Gasteiger partial charge in [-0.1, -0.05) is 79.9 Å². The zero-order valence-corrected chi connectivity index (χ0v) is 12.2. The van der Waals surface area contributed by atoms with Gasteiger partial charge in [-0.25, -0.2) is 0 Å². The first-order valence-corrected chi connectivity index (χ1v) is 7.52. The normalized spacial score (nSPS) is 13.2. The minimum Gasteiger partial charge on any atom is -0.0933 e. The molecule has 0 nitrogen and oxygen atoms in total. The molecule has 2 aromatic carbocycles. The standard InChI is InChI=1S/C18H21Cl/c1-2-3-7-15(12-13-19)14-17-10-6-9-16-8-4-5-11-18(16)17/h4-6,8-13,15H,2-3,7,14H2,1H3. The fourth-order valence-electron chi connectivity index (χ4n) is 2.59. The third-order valence-electron chi connectivity index (χ3n) is 3.64. The van der Waals surface area contributed by atoms with E-state index in [-0.39, 0.29) is 0 Å². The quantitative estimate of drug-likeness (QED) is 0.610. The molecule has 2 aromatic rings. The summed E-state index contributed by atoms with van der Waals surface area (Å²) in [5, 5.41) is 2.69. The number of halogens is 1. The van der Waals surface area contributed by atoms with Crippen LogP contribution in [0.15, 0.2) is 54.1 Å². The molecule has 1 heteroatoms. The van der Waals surface area contributed by atoms with Crippen LogP contribution in [0.3, 0.4) is 0 Å². The van der Waals surface area contributed by atoms with Crippen LogP contribution in [0.2, 0.25) is 0 Å². The number of hydrogen-bond acceptors (Lipinski definition) is 0. The zero-order chi connectivity index (χ0) is 13.5. The van der Waals surface area contributed by atoms with Crippen LogP contribution in [-0.4, -0.2) is 0 Å². The zero-order valence-electron chi connectivity index (χ0n) is 11.5. The van der Waals surface area contributed by atoms with E-state index in [2.05, 4.69) is 55.5 Å². The molecule has 0 aromatic heterocycles. The molecule has 0 fully saturated rings. The molecule has 0 bridgehead atoms. The highest BCUT2D eigenvalue weighted by atomic mass is 35.5. The Bertz CT molecular complexity index is 537. The SMILES string of the molecule is CCCCC(C=CCl)Cc1cccc2ccccc12. The van der Waals surface area contributed by atoms with E-state index in [4.69, 9.17) is 11.6 Å². The molecule has 0 saturated heterocycles. The second-order valence-corrected chi connectivity index (χ2v) is 5.32. The predicted molar refractivity (Wildman–Crippen MR) is 85.7 cm³/mol. The maximum atomic E-state index is 5.78. The summed E-state index contributed by atoms with van der Waals surface area (Å²) in [6.45, 7) is 2.24. The molecule has 0 aliphatic rings. The third kappa shape index (κ3) is 3.84. The van der Waals surface area contributed by atoms with Gasteiger partial charge in [0.1, 0.15) is 0 Å². The summed E-state index contributed by atoms with van der Waals surface area (Å²) in [5.41, 5.74) is 3.10. The molecule has 0 amide bonds. The largest absolute Gasteiger partial charge is 0.0933 e. The maximum Gasteiger partial charge on any atom is 0.000536 e. The van der Waals surface area contributed by atoms with Gasteiger partial charge in [-0.05, 0) is 35.1 Å². The predicted octanol–water partition coefficient (Wildman–Crippen LogP) is 5.94. The van der Waals surface area contributed by atoms with Crippen LogP contribution >= 0.6 is 11.6 Å². The summed E-state index contributed by atoms with van der Waals surface area (Å²) >= 11 is 5.78. The molecule has 1 atom stereocenters. The van der Waals surface area contributed by atoms with Crippen LogP contribution in [-0.2, 0) is 6.42 Å². The average molecular weight is 273 g/mol. The van der Waals surface area contributed by atoms with Crippen LogP contribution in [0.1, 0.15) is 31.7 Å². The van der Waals surface area contributed by atoms with Crippen molar-refractivity contribution in [1.29, 1.82) is 0 Å². The van der Waals surface area contributed by atoms with Crippen LogP contribution in [0.5, 0.6) is 0 Å². The molecule has 100 valence electrons. The molecule has 0 N–H and O–H groups in total. The first-order chi connectivity index (χ1) is 9.35. The van der Waals surface area contributed by atoms with Gasteiger partial charge < -0.3 is 0 Å². The van der Waals surface area contributed by atoms with Crippen molar-refractivity contribution < 1.29 is 0 Å². The van der Waals surface area contributed by atoms with Crippen LogP contribution in [0.4, 0.5) is 0 Å². The summed E-state index contributed by atoms with van der Waals surface area (Å²) in [7, 11) is 0. The Kier molecular flexibility index (Phi) is 5.47. The minimum absolute atomic E-state index is 0.545. The first-order valence-electron chi connectivity index (χ1n) is 7.08. The van der Waals surface area contributed by atoms with Crippen molar-refractivity contribution in [3.05, 3.63) is 59.6 Å². The number of unbranched alkanes of at least 4 members (excludes halogenated alkanes) is 1. The Morgan fingerprint density at radius 1 is 1.11 bits per heavy atom. The summed E-state index contributed by atoms with van der Waals surface area (Å²) in [4.78, 5) is 0. The monoisotopic (exact) mass is 272 g/mol. The van der Waals surface area contributed by atoms with Gasteiger partial charge in [0.05, 0.1) is 0 Å². The van der Waals surface area contributed by atoms with Crippen LogP contribution in [0, 0.1) is 5.92 Å². The van der Waals surface area contributed by atoms with Gasteiger partial charge in [0, 0.05) is 5.54 Å². The fraction of sp³-hybridized carbons (Fsp3) is 0.333. The van der Waals surface area contributed by atoms with E-state index in [1.54, 1.807) is 5.54 Å². The molecule has 0 aliphatic carbocycles. The molecule has 0 aliphatic heterocycles. The highest BCUT2D eigenvalue weighted by molar-refractivity contribution is 6.25. The molecule has 19 heavy (non-hydrogen) atoms. The lowest BCUT2D eigenvalue weighted by atomic mass is 9.91. The van der Waals surface area contributed by atoms with Crippen molar-refractivity contribution in [2.75, 3.05) is 0 Å². The van der Waals surface area contributed by atoms with E-state index < -0.39 is 0 Å². The molecule has 1 unspecified atom stereocenters. The Hall–Kier alpha value is -1.27. The smallest absolute Gasteiger partial charge is 0.000536 e. The van der Waals surface area contributed by atoms with E-state index in [1.807, 2.05) is 0 Å². The van der Waals surface area contributed by atoms with Gasteiger partial charge in [0.15, 0.2) is 0 Å². The summed E-state index contributed by atoms with van der Waals surface area (Å²) < 4.78 is 0. The number of benzene rings is 2. The Morgan fingerprint density at radius 3 is 2.68 bits per heavy atom. The summed E-state index contributed by atoms with van der Waals surface area (Å²) in [6, 6.07) is 15.2. The topological polar surface area (TPSA) is 0 Å². The fourth-order valence-corrected chi connectivity index (χ4v) is 2.79. The second kappa shape index (κ2) is 7.35. The Balaban J connectivity index is 2.23. The number of allylic oxidation sites excluding steroid dienone is 1. The average Bonchev–Trinajstić information content (AvgIpc) is 2.45. The molecule has 0 radical (unpaired) electrons. The second-order valence-electron chi connectivity index (χ2n) is 5.06. The number of fused-ring (bicyclic) bond motifs is 1. The van der Waals surface area contributed by atoms with E-state index in [0.29, 0.717) is 5.92 Å². The summed E-state index contributed by atoms with van der Waals surface area (Å²) in [5.74, 6) is 0.545. The Labute approximate surface area is 121 Å². The van der Waals surface area contributed by atoms with Crippen molar-refractivity contribution >= 4 is 22.4 Å². The van der Waals surface area contributed by atoms with Crippen molar-refractivity contribution in [2.24, 2.45) is 5.92 Å². The van der Waals surface area contributed by atoms with E-state index in [9.17, 15) is 0 Å². The van der Waals surface area contributed by atoms with E-state index >= 15 is 0 Å². The lowest BCUT2D eigenvalue weighted by molar-refractivity contribution is 0.554. The van der Waals surface area contributed by atoms with Crippen LogP contribution in [0.25, 0.3) is 10.8 Å². The van der Waals surface area contributed by atoms with Crippen molar-refractivity contribution in [3.8, 4) is 0 Å². The number of rotatable bonds is 6. The van der Waals surface area contributed by atoms with Crippen molar-refractivity contribution in [2.45, 2.75) is 32.6 Å². The molecule has 0 spiro atoms. The van der Waals surface area contributed by atoms with Gasteiger partial charge >= 0.3 is 0 Å². The highest BCUT2D eigenvalue weighted by Gasteiger charge is 2.08. The molecule has 0 heterocycles. The van der Waals surface area contributed by atoms with Crippen LogP contribution < -0.4 is 0 Å². The van der Waals surface area contributed by atoms with E-state index in [1.165, 1.54) is 35.6 Å². The maximum absolute atomic E-state index is 5.78. The van der Waals surface area contributed by atoms with Crippen molar-refractivity contribution in [3.63, 3.8) is 0 Å². The van der Waals surface area contributed by atoms with Crippen molar-refractivity contribution in [1.82, 2.24) is 0 Å². The molecular formula is C18H21Cl. The molecule has 0 saturated carbocycles. The van der Waals surface area contributed by atoms with E-state index in [0.717, 1.165) is 6.42 Å². The molecule has 2 rings (SSSR count). The molecular weight excluding hydrogens is 252 g/mol. The number of hydrogen-bond donors (Lipinski definition) is 0. The first kappa shape index (κ1) is 14.1. The van der Waals surface area contributed by atoms with Gasteiger partial charge in [-0.3, -0.25) is 0 Å². The van der Waals surface area contributed by atoms with Gasteiger partial charge in [-0.2, -0.15) is 0 Å². The minimum atomic E-state index is 0.545.